The molecule has 0 radical (unpaired) electrons. The van der Waals surface area contributed by atoms with Crippen LogP contribution in [-0.4, -0.2) is 42.6 Å². The number of rotatable bonds is 3. The van der Waals surface area contributed by atoms with Crippen molar-refractivity contribution < 1.29 is 17.9 Å². The van der Waals surface area contributed by atoms with Crippen molar-refractivity contribution in [2.24, 2.45) is 4.99 Å². The van der Waals surface area contributed by atoms with Gasteiger partial charge in [-0.1, -0.05) is 12.1 Å². The zero-order valence-electron chi connectivity index (χ0n) is 16.0. The lowest BCUT2D eigenvalue weighted by molar-refractivity contribution is -0.137. The molecular formula is C19H23F3N4OS. The summed E-state index contributed by atoms with van der Waals surface area (Å²) in [5.74, 6) is 0.700. The largest absolute Gasteiger partial charge is 0.416 e. The van der Waals surface area contributed by atoms with Crippen molar-refractivity contribution in [3.05, 3.63) is 51.0 Å². The molecule has 0 amide bonds. The Morgan fingerprint density at radius 2 is 2.18 bits per heavy atom. The fourth-order valence-corrected chi connectivity index (χ4v) is 4.06. The number of guanidine groups is 1. The van der Waals surface area contributed by atoms with Crippen LogP contribution in [0.4, 0.5) is 13.2 Å². The predicted octanol–water partition coefficient (Wildman–Crippen LogP) is 3.93. The lowest BCUT2D eigenvalue weighted by Gasteiger charge is -2.35. The number of alkyl halides is 3. The molecule has 2 aromatic rings. The van der Waals surface area contributed by atoms with Crippen LogP contribution in [0.1, 0.15) is 32.8 Å². The molecule has 0 aliphatic carbocycles. The first-order chi connectivity index (χ1) is 13.3. The maximum Gasteiger partial charge on any atom is 0.416 e. The van der Waals surface area contributed by atoms with Gasteiger partial charge in [0, 0.05) is 18.5 Å². The number of halogens is 3. The molecule has 1 aliphatic heterocycles. The number of hydrogen-bond acceptors (Lipinski definition) is 4. The summed E-state index contributed by atoms with van der Waals surface area (Å²) in [6.07, 6.45) is -4.81. The fraction of sp³-hybridized carbons (Fsp3) is 0.474. The first-order valence-corrected chi connectivity index (χ1v) is 9.77. The van der Waals surface area contributed by atoms with Gasteiger partial charge in [0.1, 0.15) is 6.10 Å². The lowest BCUT2D eigenvalue weighted by atomic mass is 10.0. The Bertz CT molecular complexity index is 850. The quantitative estimate of drug-likeness (QED) is 0.613. The van der Waals surface area contributed by atoms with Crippen molar-refractivity contribution in [2.75, 3.05) is 26.7 Å². The summed E-state index contributed by atoms with van der Waals surface area (Å²) in [5.41, 5.74) is 0.849. The predicted molar refractivity (Wildman–Crippen MR) is 103 cm³/mol. The van der Waals surface area contributed by atoms with Gasteiger partial charge in [-0.25, -0.2) is 4.98 Å². The Kier molecular flexibility index (Phi) is 6.24. The number of aliphatic imine (C=N–C) groups is 1. The summed E-state index contributed by atoms with van der Waals surface area (Å²) < 4.78 is 44.8. The molecule has 1 atom stereocenters. The summed E-state index contributed by atoms with van der Waals surface area (Å²) >= 11 is 1.64. The van der Waals surface area contributed by atoms with Crippen LogP contribution in [0.3, 0.4) is 0 Å². The molecule has 0 spiro atoms. The topological polar surface area (TPSA) is 49.8 Å². The van der Waals surface area contributed by atoms with Crippen molar-refractivity contribution in [1.29, 1.82) is 0 Å². The summed E-state index contributed by atoms with van der Waals surface area (Å²) in [4.78, 5) is 11.9. The highest BCUT2D eigenvalue weighted by Gasteiger charge is 2.32. The molecule has 1 unspecified atom stereocenters. The fourth-order valence-electron chi connectivity index (χ4n) is 3.19. The Labute approximate surface area is 166 Å². The van der Waals surface area contributed by atoms with Gasteiger partial charge in [0.15, 0.2) is 5.96 Å². The van der Waals surface area contributed by atoms with E-state index in [1.54, 1.807) is 24.5 Å². The third-order valence-electron chi connectivity index (χ3n) is 4.57. The molecule has 1 aromatic heterocycles. The van der Waals surface area contributed by atoms with E-state index in [0.29, 0.717) is 37.8 Å². The van der Waals surface area contributed by atoms with Gasteiger partial charge in [-0.15, -0.1) is 11.3 Å². The Hall–Kier alpha value is -2.13. The molecule has 152 valence electrons. The Morgan fingerprint density at radius 1 is 1.39 bits per heavy atom. The smallest absolute Gasteiger partial charge is 0.370 e. The van der Waals surface area contributed by atoms with Crippen molar-refractivity contribution in [2.45, 2.75) is 32.7 Å². The number of aromatic nitrogens is 1. The van der Waals surface area contributed by atoms with E-state index in [1.807, 2.05) is 18.7 Å². The lowest BCUT2D eigenvalue weighted by Crippen LogP contribution is -2.48. The highest BCUT2D eigenvalue weighted by Crippen LogP contribution is 2.32. The van der Waals surface area contributed by atoms with Crippen LogP contribution in [0.5, 0.6) is 0 Å². The number of nitrogens with one attached hydrogen (secondary N) is 1. The van der Waals surface area contributed by atoms with E-state index in [0.717, 1.165) is 27.7 Å². The summed E-state index contributed by atoms with van der Waals surface area (Å²) in [5, 5.41) is 4.34. The maximum absolute atomic E-state index is 13.0. The van der Waals surface area contributed by atoms with E-state index in [2.05, 4.69) is 15.3 Å². The van der Waals surface area contributed by atoms with Crippen LogP contribution in [0, 0.1) is 13.8 Å². The van der Waals surface area contributed by atoms with E-state index in [4.69, 9.17) is 4.74 Å². The number of hydrogen-bond donors (Lipinski definition) is 1. The second-order valence-corrected chi connectivity index (χ2v) is 7.86. The summed E-state index contributed by atoms with van der Waals surface area (Å²) in [7, 11) is 1.70. The molecule has 3 rings (SSSR count). The van der Waals surface area contributed by atoms with E-state index in [9.17, 15) is 13.2 Å². The van der Waals surface area contributed by atoms with Crippen LogP contribution in [0.2, 0.25) is 0 Å². The van der Waals surface area contributed by atoms with Gasteiger partial charge < -0.3 is 15.0 Å². The Morgan fingerprint density at radius 3 is 2.82 bits per heavy atom. The monoisotopic (exact) mass is 412 g/mol. The third-order valence-corrected chi connectivity index (χ3v) is 5.64. The zero-order chi connectivity index (χ0) is 20.3. The van der Waals surface area contributed by atoms with Gasteiger partial charge in [0.05, 0.1) is 36.0 Å². The SMILES string of the molecule is CN=C(NCc1sc(C)nc1C)N1CCOC(c2cccc(C(F)(F)F)c2)C1. The molecule has 28 heavy (non-hydrogen) atoms. The normalized spacial score (nSPS) is 18.4. The molecule has 1 N–H and O–H groups in total. The highest BCUT2D eigenvalue weighted by molar-refractivity contribution is 7.11. The molecule has 1 aliphatic rings. The van der Waals surface area contributed by atoms with Gasteiger partial charge in [-0.3, -0.25) is 4.99 Å². The molecule has 5 nitrogen and oxygen atoms in total. The van der Waals surface area contributed by atoms with Crippen LogP contribution in [-0.2, 0) is 17.5 Å². The van der Waals surface area contributed by atoms with Crippen molar-refractivity contribution >= 4 is 17.3 Å². The minimum Gasteiger partial charge on any atom is -0.370 e. The minimum absolute atomic E-state index is 0.417. The molecule has 1 fully saturated rings. The Balaban J connectivity index is 1.69. The third kappa shape index (κ3) is 4.82. The van der Waals surface area contributed by atoms with Crippen molar-refractivity contribution in [3.63, 3.8) is 0 Å². The van der Waals surface area contributed by atoms with Gasteiger partial charge in [0.25, 0.3) is 0 Å². The second kappa shape index (κ2) is 8.48. The number of thiazole rings is 1. The van der Waals surface area contributed by atoms with Gasteiger partial charge >= 0.3 is 6.18 Å². The van der Waals surface area contributed by atoms with Gasteiger partial charge in [0.2, 0.25) is 0 Å². The highest BCUT2D eigenvalue weighted by atomic mass is 32.1. The van der Waals surface area contributed by atoms with E-state index in [-0.39, 0.29) is 0 Å². The second-order valence-electron chi connectivity index (χ2n) is 6.57. The molecule has 0 saturated carbocycles. The number of nitrogens with zero attached hydrogens (tertiary/aromatic N) is 3. The first-order valence-electron chi connectivity index (χ1n) is 8.95. The summed E-state index contributed by atoms with van der Waals surface area (Å²) in [6, 6.07) is 5.32. The number of aryl methyl sites for hydroxylation is 2. The average molecular weight is 412 g/mol. The molecular weight excluding hydrogens is 389 g/mol. The number of morpholine rings is 1. The number of ether oxygens (including phenoxy) is 1. The van der Waals surface area contributed by atoms with Crippen LogP contribution in [0.25, 0.3) is 0 Å². The van der Waals surface area contributed by atoms with Crippen LogP contribution >= 0.6 is 11.3 Å². The minimum atomic E-state index is -4.37. The molecule has 1 saturated heterocycles. The van der Waals surface area contributed by atoms with Crippen LogP contribution < -0.4 is 5.32 Å². The van der Waals surface area contributed by atoms with E-state index in [1.165, 1.54) is 6.07 Å². The molecule has 1 aromatic carbocycles. The van der Waals surface area contributed by atoms with Gasteiger partial charge in [-0.05, 0) is 31.5 Å². The number of benzene rings is 1. The standard InChI is InChI=1S/C19H23F3N4OS/c1-12-17(28-13(2)25-12)10-24-18(23-3)26-7-8-27-16(11-26)14-5-4-6-15(9-14)19(20,21)22/h4-6,9,16H,7-8,10-11H2,1-3H3,(H,23,24). The first kappa shape index (κ1) is 20.6. The van der Waals surface area contributed by atoms with Crippen molar-refractivity contribution in [3.8, 4) is 0 Å². The van der Waals surface area contributed by atoms with Crippen LogP contribution in [0.15, 0.2) is 29.3 Å². The van der Waals surface area contributed by atoms with Gasteiger partial charge in [-0.2, -0.15) is 13.2 Å². The average Bonchev–Trinajstić information content (AvgIpc) is 2.99. The molecule has 2 heterocycles. The maximum atomic E-state index is 13.0. The zero-order valence-corrected chi connectivity index (χ0v) is 16.8. The van der Waals surface area contributed by atoms with E-state index < -0.39 is 17.8 Å². The molecule has 9 heteroatoms. The van der Waals surface area contributed by atoms with Crippen molar-refractivity contribution in [1.82, 2.24) is 15.2 Å². The van der Waals surface area contributed by atoms with E-state index >= 15 is 0 Å². The summed E-state index contributed by atoms with van der Waals surface area (Å²) in [6.45, 7) is 6.02. The molecule has 0 bridgehead atoms.